The van der Waals surface area contributed by atoms with Gasteiger partial charge < -0.3 is 14.6 Å². The molecule has 106 valence electrons. The number of aromatic nitrogens is 1. The first-order valence-electron chi connectivity index (χ1n) is 7.09. The van der Waals surface area contributed by atoms with Crippen LogP contribution in [0.15, 0.2) is 24.3 Å². The van der Waals surface area contributed by atoms with E-state index in [-0.39, 0.29) is 12.0 Å². The monoisotopic (exact) mass is 272 g/mol. The minimum atomic E-state index is -0.252. The number of hydrogen-bond acceptors (Lipinski definition) is 2. The molecule has 0 spiro atoms. The number of nitrogens with one attached hydrogen (secondary N) is 1. The number of benzene rings is 1. The lowest BCUT2D eigenvalue weighted by atomic mass is 10.1. The lowest BCUT2D eigenvalue weighted by molar-refractivity contribution is -0.130. The highest BCUT2D eigenvalue weighted by Crippen LogP contribution is 2.20. The maximum atomic E-state index is 11.9. The molecular formula is C16H20N2O2. The summed E-state index contributed by atoms with van der Waals surface area (Å²) in [6.07, 6.45) is 1.56. The van der Waals surface area contributed by atoms with E-state index in [1.54, 1.807) is 0 Å². The van der Waals surface area contributed by atoms with E-state index >= 15 is 0 Å². The Labute approximate surface area is 118 Å². The molecule has 1 amide bonds. The van der Waals surface area contributed by atoms with Crippen LogP contribution in [0.3, 0.4) is 0 Å². The van der Waals surface area contributed by atoms with E-state index in [2.05, 4.69) is 48.1 Å². The molecule has 1 N–H and O–H groups in total. The first-order valence-corrected chi connectivity index (χ1v) is 7.09. The molecular weight excluding hydrogens is 252 g/mol. The molecule has 1 fully saturated rings. The number of rotatable bonds is 3. The van der Waals surface area contributed by atoms with Gasteiger partial charge >= 0.3 is 0 Å². The Morgan fingerprint density at radius 2 is 2.30 bits per heavy atom. The third-order valence-electron chi connectivity index (χ3n) is 4.04. The normalized spacial score (nSPS) is 18.6. The smallest absolute Gasteiger partial charge is 0.249 e. The predicted molar refractivity (Wildman–Crippen MR) is 78.5 cm³/mol. The van der Waals surface area contributed by atoms with E-state index in [4.69, 9.17) is 4.74 Å². The van der Waals surface area contributed by atoms with E-state index in [1.165, 1.54) is 16.6 Å². The fraction of sp³-hybridized carbons (Fsp3) is 0.438. The largest absolute Gasteiger partial charge is 0.368 e. The molecule has 0 saturated carbocycles. The minimum absolute atomic E-state index is 0.00633. The molecule has 0 bridgehead atoms. The summed E-state index contributed by atoms with van der Waals surface area (Å²) < 4.78 is 7.55. The van der Waals surface area contributed by atoms with E-state index in [0.29, 0.717) is 13.2 Å². The molecule has 1 aromatic carbocycles. The Morgan fingerprint density at radius 3 is 3.05 bits per heavy atom. The highest BCUT2D eigenvalue weighted by Gasteiger charge is 2.22. The molecule has 2 aromatic rings. The molecule has 0 aliphatic carbocycles. The number of carbonyl (C=O) groups excluding carboxylic acids is 1. The third-order valence-corrected chi connectivity index (χ3v) is 4.04. The summed E-state index contributed by atoms with van der Waals surface area (Å²) in [6.45, 7) is 3.36. The summed E-state index contributed by atoms with van der Waals surface area (Å²) >= 11 is 0. The second-order valence-electron chi connectivity index (χ2n) is 5.46. The predicted octanol–water partition coefficient (Wildman–Crippen LogP) is 2.28. The second kappa shape index (κ2) is 5.29. The number of fused-ring (bicyclic) bond motifs is 1. The number of amides is 1. The Balaban J connectivity index is 1.69. The zero-order chi connectivity index (χ0) is 14.1. The van der Waals surface area contributed by atoms with Crippen LogP contribution in [0.25, 0.3) is 10.9 Å². The Kier molecular flexibility index (Phi) is 3.49. The molecule has 1 atom stereocenters. The van der Waals surface area contributed by atoms with Crippen molar-refractivity contribution >= 4 is 16.8 Å². The van der Waals surface area contributed by atoms with Gasteiger partial charge in [0, 0.05) is 36.8 Å². The lowest BCUT2D eigenvalue weighted by Crippen LogP contribution is -2.33. The molecule has 1 aromatic heterocycles. The molecule has 4 nitrogen and oxygen atoms in total. The van der Waals surface area contributed by atoms with Crippen molar-refractivity contribution in [1.29, 1.82) is 0 Å². The molecule has 3 rings (SSSR count). The number of nitrogens with zero attached hydrogens (tertiary/aromatic N) is 1. The second-order valence-corrected chi connectivity index (χ2v) is 5.46. The van der Waals surface area contributed by atoms with Gasteiger partial charge in [-0.3, -0.25) is 4.79 Å². The van der Waals surface area contributed by atoms with E-state index in [0.717, 1.165) is 18.4 Å². The molecule has 0 radical (unpaired) electrons. The van der Waals surface area contributed by atoms with Crippen LogP contribution in [0.4, 0.5) is 0 Å². The van der Waals surface area contributed by atoms with Crippen molar-refractivity contribution < 1.29 is 9.53 Å². The summed E-state index contributed by atoms with van der Waals surface area (Å²) in [5.74, 6) is 0.00633. The number of hydrogen-bond donors (Lipinski definition) is 1. The highest BCUT2D eigenvalue weighted by molar-refractivity contribution is 5.83. The molecule has 1 aliphatic rings. The van der Waals surface area contributed by atoms with Gasteiger partial charge in [0.05, 0.1) is 0 Å². The Bertz CT molecular complexity index is 639. The average molecular weight is 272 g/mol. The van der Waals surface area contributed by atoms with E-state index < -0.39 is 0 Å². The van der Waals surface area contributed by atoms with Gasteiger partial charge in [0.25, 0.3) is 0 Å². The SMILES string of the molecule is Cc1cc2cc(CNC(=O)C3CCCO3)ccc2n1C. The molecule has 2 heterocycles. The fourth-order valence-electron chi connectivity index (χ4n) is 2.73. The summed E-state index contributed by atoms with van der Waals surface area (Å²) in [5.41, 5.74) is 3.58. The van der Waals surface area contributed by atoms with Crippen molar-refractivity contribution in [3.8, 4) is 0 Å². The zero-order valence-electron chi connectivity index (χ0n) is 12.0. The average Bonchev–Trinajstić information content (AvgIpc) is 3.06. The van der Waals surface area contributed by atoms with E-state index in [9.17, 15) is 4.79 Å². The lowest BCUT2D eigenvalue weighted by Gasteiger charge is -2.10. The maximum absolute atomic E-state index is 11.9. The van der Waals surface area contributed by atoms with Crippen LogP contribution in [-0.4, -0.2) is 23.2 Å². The van der Waals surface area contributed by atoms with Gasteiger partial charge in [0.2, 0.25) is 5.91 Å². The van der Waals surface area contributed by atoms with Gasteiger partial charge in [0.15, 0.2) is 0 Å². The van der Waals surface area contributed by atoms with Gasteiger partial charge in [-0.15, -0.1) is 0 Å². The highest BCUT2D eigenvalue weighted by atomic mass is 16.5. The van der Waals surface area contributed by atoms with Crippen molar-refractivity contribution in [2.24, 2.45) is 7.05 Å². The Morgan fingerprint density at radius 1 is 1.45 bits per heavy atom. The van der Waals surface area contributed by atoms with Crippen LogP contribution in [0.2, 0.25) is 0 Å². The van der Waals surface area contributed by atoms with Crippen LogP contribution in [0, 0.1) is 6.92 Å². The van der Waals surface area contributed by atoms with Gasteiger partial charge in [0.1, 0.15) is 6.10 Å². The van der Waals surface area contributed by atoms with Gasteiger partial charge in [-0.05, 0) is 43.5 Å². The molecule has 1 unspecified atom stereocenters. The Hall–Kier alpha value is -1.81. The number of ether oxygens (including phenoxy) is 1. The first kappa shape index (κ1) is 13.2. The van der Waals surface area contributed by atoms with Gasteiger partial charge in [-0.1, -0.05) is 6.07 Å². The maximum Gasteiger partial charge on any atom is 0.249 e. The standard InChI is InChI=1S/C16H20N2O2/c1-11-8-13-9-12(5-6-14(13)18(11)2)10-17-16(19)15-4-3-7-20-15/h5-6,8-9,15H,3-4,7,10H2,1-2H3,(H,17,19). The summed E-state index contributed by atoms with van der Waals surface area (Å²) in [5, 5.41) is 4.17. The zero-order valence-corrected chi connectivity index (χ0v) is 12.0. The number of aryl methyl sites for hydroxylation is 2. The van der Waals surface area contributed by atoms with Crippen molar-refractivity contribution in [3.05, 3.63) is 35.5 Å². The summed E-state index contributed by atoms with van der Waals surface area (Å²) in [4.78, 5) is 11.9. The first-order chi connectivity index (χ1) is 9.65. The summed E-state index contributed by atoms with van der Waals surface area (Å²) in [6, 6.07) is 8.48. The van der Waals surface area contributed by atoms with Crippen molar-refractivity contribution in [1.82, 2.24) is 9.88 Å². The third kappa shape index (κ3) is 2.43. The van der Waals surface area contributed by atoms with Gasteiger partial charge in [-0.2, -0.15) is 0 Å². The topological polar surface area (TPSA) is 43.3 Å². The van der Waals surface area contributed by atoms with Crippen molar-refractivity contribution in [2.75, 3.05) is 6.61 Å². The molecule has 4 heteroatoms. The quantitative estimate of drug-likeness (QED) is 0.931. The van der Waals surface area contributed by atoms with Crippen LogP contribution in [0.5, 0.6) is 0 Å². The molecule has 1 aliphatic heterocycles. The summed E-state index contributed by atoms with van der Waals surface area (Å²) in [7, 11) is 2.07. The van der Waals surface area contributed by atoms with Crippen molar-refractivity contribution in [2.45, 2.75) is 32.4 Å². The molecule has 1 saturated heterocycles. The van der Waals surface area contributed by atoms with Crippen LogP contribution >= 0.6 is 0 Å². The van der Waals surface area contributed by atoms with Crippen molar-refractivity contribution in [3.63, 3.8) is 0 Å². The van der Waals surface area contributed by atoms with Crippen LogP contribution < -0.4 is 5.32 Å². The minimum Gasteiger partial charge on any atom is -0.368 e. The van der Waals surface area contributed by atoms with Crippen LogP contribution in [-0.2, 0) is 23.1 Å². The number of carbonyl (C=O) groups is 1. The van der Waals surface area contributed by atoms with E-state index in [1.807, 2.05) is 0 Å². The van der Waals surface area contributed by atoms with Gasteiger partial charge in [-0.25, -0.2) is 0 Å². The van der Waals surface area contributed by atoms with Crippen LogP contribution in [0.1, 0.15) is 24.1 Å². The molecule has 20 heavy (non-hydrogen) atoms. The fourth-order valence-corrected chi connectivity index (χ4v) is 2.73.